The number of carbonyl (C=O) groups excluding carboxylic acids is 1. The fourth-order valence-electron chi connectivity index (χ4n) is 5.95. The predicted octanol–water partition coefficient (Wildman–Crippen LogP) is 6.95. The standard InChI is InChI=1S/C36H37N7O4S3/c1-3-47-29-17-15-27(16-18-29)42-34(32-23-31-25(2)40-43(35(31)49-32)28-11-7-6-8-12-28)38-39-36(42)48-24-33(44)37-26-13-19-30(20-14-26)50(45,46)41-21-9-4-5-10-22-41/h6-8,11-20,23H,3-5,9-10,21-22,24H2,1-2H3,(H,45,46). The lowest BCUT2D eigenvalue weighted by Crippen LogP contribution is -2.35. The van der Waals surface area contributed by atoms with E-state index >= 15 is 0 Å². The largest absolute Gasteiger partial charge is 0.494 e. The van der Waals surface area contributed by atoms with Crippen molar-refractivity contribution in [1.82, 2.24) is 28.9 Å². The number of aryl methyl sites for hydroxylation is 1. The number of ether oxygens (including phenoxy) is 1. The number of allylic oxidation sites excluding steroid dienone is 4. The molecule has 14 heteroatoms. The van der Waals surface area contributed by atoms with Crippen molar-refractivity contribution in [2.45, 2.75) is 44.7 Å². The van der Waals surface area contributed by atoms with Crippen molar-refractivity contribution < 1.29 is 18.3 Å². The number of benzene rings is 2. The number of hydrogen-bond donors (Lipinski definition) is 1. The van der Waals surface area contributed by atoms with Crippen LogP contribution in [0, 0.1) is 6.92 Å². The average Bonchev–Trinajstić information content (AvgIpc) is 3.75. The number of amides is 1. The number of hydrogen-bond acceptors (Lipinski definition) is 8. The van der Waals surface area contributed by atoms with Crippen LogP contribution in [0.5, 0.6) is 5.75 Å². The Morgan fingerprint density at radius 2 is 1.70 bits per heavy atom. The zero-order valence-electron chi connectivity index (χ0n) is 27.8. The van der Waals surface area contributed by atoms with Gasteiger partial charge < -0.3 is 9.29 Å². The lowest BCUT2D eigenvalue weighted by Gasteiger charge is -2.23. The van der Waals surface area contributed by atoms with Crippen LogP contribution in [0.4, 0.5) is 0 Å². The maximum atomic E-state index is 13.3. The summed E-state index contributed by atoms with van der Waals surface area (Å²) in [5, 5.41) is 15.5. The zero-order chi connectivity index (χ0) is 34.7. The van der Waals surface area contributed by atoms with Crippen molar-refractivity contribution in [3.8, 4) is 27.8 Å². The molecule has 50 heavy (non-hydrogen) atoms. The Morgan fingerprint density at radius 3 is 2.40 bits per heavy atom. The second-order valence-corrected chi connectivity index (χ2v) is 15.8. The Bertz CT molecular complexity index is 2220. The maximum Gasteiger partial charge on any atom is 0.256 e. The van der Waals surface area contributed by atoms with Crippen LogP contribution in [0.15, 0.2) is 95.1 Å². The van der Waals surface area contributed by atoms with Gasteiger partial charge in [-0.1, -0.05) is 42.8 Å². The highest BCUT2D eigenvalue weighted by Gasteiger charge is 2.23. The van der Waals surface area contributed by atoms with Crippen LogP contribution in [-0.2, 0) is 14.8 Å². The lowest BCUT2D eigenvalue weighted by atomic mass is 10.2. The second kappa shape index (κ2) is 14.9. The molecule has 1 aliphatic heterocycles. The Balaban J connectivity index is 1.15. The van der Waals surface area contributed by atoms with E-state index in [0.29, 0.717) is 41.3 Å². The van der Waals surface area contributed by atoms with E-state index in [-0.39, 0.29) is 11.7 Å². The van der Waals surface area contributed by atoms with Crippen molar-refractivity contribution in [2.24, 2.45) is 4.99 Å². The molecule has 1 aliphatic carbocycles. The molecule has 258 valence electrons. The van der Waals surface area contributed by atoms with Gasteiger partial charge in [0, 0.05) is 18.5 Å². The van der Waals surface area contributed by atoms with Crippen molar-refractivity contribution in [3.63, 3.8) is 0 Å². The fourth-order valence-corrected chi connectivity index (χ4v) is 9.39. The normalized spacial score (nSPS) is 16.5. The number of aromatic nitrogens is 5. The first-order chi connectivity index (χ1) is 24.3. The van der Waals surface area contributed by atoms with E-state index < -0.39 is 9.99 Å². The summed E-state index contributed by atoms with van der Waals surface area (Å²) in [6.07, 6.45) is 10.4. The van der Waals surface area contributed by atoms with Crippen molar-refractivity contribution in [1.29, 1.82) is 0 Å². The molecule has 5 aromatic rings. The molecule has 11 nitrogen and oxygen atoms in total. The minimum absolute atomic E-state index is 0.0237. The number of carbonyl (C=O) groups is 1. The maximum absolute atomic E-state index is 13.3. The van der Waals surface area contributed by atoms with Crippen molar-refractivity contribution >= 4 is 59.8 Å². The second-order valence-electron chi connectivity index (χ2n) is 11.9. The van der Waals surface area contributed by atoms with Gasteiger partial charge in [-0.3, -0.25) is 9.36 Å². The van der Waals surface area contributed by atoms with Crippen LogP contribution >= 0.6 is 23.1 Å². The van der Waals surface area contributed by atoms with Gasteiger partial charge >= 0.3 is 0 Å². The van der Waals surface area contributed by atoms with Crippen LogP contribution < -0.4 is 4.74 Å². The van der Waals surface area contributed by atoms with Crippen LogP contribution in [-0.4, -0.2) is 79.5 Å². The van der Waals surface area contributed by atoms with Crippen LogP contribution in [0.25, 0.3) is 32.3 Å². The van der Waals surface area contributed by atoms with Gasteiger partial charge in [0.2, 0.25) is 0 Å². The number of thiophene rings is 1. The molecule has 1 atom stereocenters. The third-order valence-corrected chi connectivity index (χ3v) is 12.4. The number of rotatable bonds is 9. The molecule has 1 fully saturated rings. The smallest absolute Gasteiger partial charge is 0.256 e. The summed E-state index contributed by atoms with van der Waals surface area (Å²) in [6, 6.07) is 19.8. The highest BCUT2D eigenvalue weighted by Crippen LogP contribution is 2.38. The molecule has 3 aromatic heterocycles. The molecule has 1 saturated heterocycles. The SMILES string of the molecule is CCOc1ccc(-n2c(SCC(=O)N=C3C=CC(=S(=O)(O)N4CCCCCC4)C=C3)nnc2-c2cc3c(C)nn(-c4ccccc4)c3s2)cc1. The molecule has 1 N–H and O–H groups in total. The number of fused-ring (bicyclic) bond motifs is 1. The molecule has 0 radical (unpaired) electrons. The van der Waals surface area contributed by atoms with Gasteiger partial charge in [-0.15, -0.1) is 21.5 Å². The highest BCUT2D eigenvalue weighted by atomic mass is 32.2. The Morgan fingerprint density at radius 1 is 0.980 bits per heavy atom. The number of thioether (sulfide) groups is 1. The van der Waals surface area contributed by atoms with E-state index in [1.54, 1.807) is 39.9 Å². The van der Waals surface area contributed by atoms with E-state index in [2.05, 4.69) is 21.3 Å². The third-order valence-electron chi connectivity index (χ3n) is 8.44. The van der Waals surface area contributed by atoms with Gasteiger partial charge in [0.1, 0.15) is 10.6 Å². The monoisotopic (exact) mass is 727 g/mol. The summed E-state index contributed by atoms with van der Waals surface area (Å²) in [5.41, 5.74) is 3.14. The van der Waals surface area contributed by atoms with Crippen molar-refractivity contribution in [2.75, 3.05) is 25.4 Å². The first-order valence-corrected chi connectivity index (χ1v) is 19.8. The first kappa shape index (κ1) is 34.1. The molecular weight excluding hydrogens is 691 g/mol. The molecule has 1 unspecified atom stereocenters. The quantitative estimate of drug-likeness (QED) is 0.128. The molecule has 2 aromatic carbocycles. The van der Waals surface area contributed by atoms with E-state index in [1.165, 1.54) is 11.8 Å². The summed E-state index contributed by atoms with van der Waals surface area (Å²) < 4.78 is 35.4. The summed E-state index contributed by atoms with van der Waals surface area (Å²) in [4.78, 5) is 19.6. The number of nitrogens with zero attached hydrogens (tertiary/aromatic N) is 7. The summed E-state index contributed by atoms with van der Waals surface area (Å²) >= 11 is 2.83. The lowest BCUT2D eigenvalue weighted by molar-refractivity contribution is -0.115. The molecule has 1 amide bonds. The van der Waals surface area contributed by atoms with E-state index in [4.69, 9.17) is 9.84 Å². The average molecular weight is 728 g/mol. The topological polar surface area (TPSA) is 128 Å². The van der Waals surface area contributed by atoms with E-state index in [9.17, 15) is 13.6 Å². The third kappa shape index (κ3) is 7.12. The highest BCUT2D eigenvalue weighted by molar-refractivity contribution is 7.99. The Labute approximate surface area is 299 Å². The molecule has 0 bridgehead atoms. The minimum Gasteiger partial charge on any atom is -0.494 e. The number of aliphatic imine (C=N–C) groups is 1. The molecular formula is C36H37N7O4S3. The predicted molar refractivity (Wildman–Crippen MR) is 202 cm³/mol. The van der Waals surface area contributed by atoms with Gasteiger partial charge in [0.25, 0.3) is 5.91 Å². The molecule has 0 spiro atoms. The first-order valence-electron chi connectivity index (χ1n) is 16.5. The summed E-state index contributed by atoms with van der Waals surface area (Å²) in [7, 11) is -3.34. The van der Waals surface area contributed by atoms with E-state index in [1.807, 2.05) is 77.7 Å². The van der Waals surface area contributed by atoms with Crippen LogP contribution in [0.1, 0.15) is 38.3 Å². The van der Waals surface area contributed by atoms with Gasteiger partial charge in [0.15, 0.2) is 21.0 Å². The van der Waals surface area contributed by atoms with Gasteiger partial charge in [0.05, 0.1) is 44.9 Å². The van der Waals surface area contributed by atoms with Crippen LogP contribution in [0.3, 0.4) is 0 Å². The fraction of sp³-hybridized carbons (Fsp3) is 0.278. The van der Waals surface area contributed by atoms with Crippen LogP contribution in [0.2, 0.25) is 0 Å². The molecule has 0 saturated carbocycles. The molecule has 2 aliphatic rings. The summed E-state index contributed by atoms with van der Waals surface area (Å²) in [6.45, 7) is 5.68. The Kier molecular flexibility index (Phi) is 10.1. The zero-order valence-corrected chi connectivity index (χ0v) is 30.2. The van der Waals surface area contributed by atoms with E-state index in [0.717, 1.165) is 63.6 Å². The van der Waals surface area contributed by atoms with Gasteiger partial charge in [-0.2, -0.15) is 5.10 Å². The summed E-state index contributed by atoms with van der Waals surface area (Å²) in [5.74, 6) is 1.07. The minimum atomic E-state index is -3.34. The van der Waals surface area contributed by atoms with Gasteiger partial charge in [-0.25, -0.2) is 18.2 Å². The Hall–Kier alpha value is -4.34. The molecule has 4 heterocycles. The molecule has 7 rings (SSSR count). The number of para-hydroxylation sites is 1. The van der Waals surface area contributed by atoms with Gasteiger partial charge in [-0.05, 0) is 93.5 Å². The van der Waals surface area contributed by atoms with Crippen molar-refractivity contribution in [3.05, 3.63) is 90.7 Å².